The summed E-state index contributed by atoms with van der Waals surface area (Å²) in [6.45, 7) is -4.40. The number of phosphoric acid groups is 2. The van der Waals surface area contributed by atoms with Crippen LogP contribution >= 0.6 is 15.6 Å². The van der Waals surface area contributed by atoms with Gasteiger partial charge in [-0.3, -0.25) is 4.52 Å². The summed E-state index contributed by atoms with van der Waals surface area (Å²) in [4.78, 5) is 25.9. The van der Waals surface area contributed by atoms with Crippen molar-refractivity contribution >= 4 is 15.6 Å². The van der Waals surface area contributed by atoms with Crippen LogP contribution in [0.4, 0.5) is 0 Å². The third-order valence-electron chi connectivity index (χ3n) is 1.77. The van der Waals surface area contributed by atoms with E-state index in [1.165, 1.54) is 6.08 Å². The van der Waals surface area contributed by atoms with E-state index in [0.29, 0.717) is 5.57 Å². The molecule has 0 aliphatic carbocycles. The monoisotopic (exact) mass is 371 g/mol. The van der Waals surface area contributed by atoms with Crippen LogP contribution in [0.1, 0.15) is 41.7 Å². The van der Waals surface area contributed by atoms with E-state index in [1.54, 1.807) is 6.92 Å². The van der Waals surface area contributed by atoms with Crippen LogP contribution in [-0.2, 0) is 18.0 Å². The van der Waals surface area contributed by atoms with Gasteiger partial charge in [-0.15, -0.1) is 0 Å². The minimum absolute atomic E-state index is 0. The predicted molar refractivity (Wildman–Crippen MR) is 86.4 cm³/mol. The van der Waals surface area contributed by atoms with E-state index in [2.05, 4.69) is 8.83 Å². The number of allylic oxidation sites excluding steroid dienone is 3. The maximum absolute atomic E-state index is 11.2. The van der Waals surface area contributed by atoms with Gasteiger partial charge in [-0.1, -0.05) is 23.3 Å². The van der Waals surface area contributed by atoms with Gasteiger partial charge in [0.05, 0.1) is 6.61 Å². The van der Waals surface area contributed by atoms with Gasteiger partial charge in [0.15, 0.2) is 0 Å². The van der Waals surface area contributed by atoms with Gasteiger partial charge in [-0.05, 0) is 33.5 Å². The molecule has 0 aromatic rings. The third kappa shape index (κ3) is 19.6. The summed E-state index contributed by atoms with van der Waals surface area (Å²) < 4.78 is 72.9. The van der Waals surface area contributed by atoms with E-state index < -0.39 is 41.5 Å². The molecule has 10 nitrogen and oxygen atoms in total. The Kier molecular flexibility index (Phi) is 9.81. The molecular formula is C10H29N3O7P2. The Morgan fingerprint density at radius 2 is 1.68 bits per heavy atom. The van der Waals surface area contributed by atoms with Crippen molar-refractivity contribution < 1.29 is 40.9 Å². The fourth-order valence-corrected chi connectivity index (χ4v) is 2.50. The zero-order valence-electron chi connectivity index (χ0n) is 18.3. The van der Waals surface area contributed by atoms with Gasteiger partial charge in [0, 0.05) is 8.22 Å². The first kappa shape index (κ1) is 16.5. The first-order valence-electron chi connectivity index (χ1n) is 8.05. The molecule has 0 aromatic heterocycles. The molecule has 0 amide bonds. The van der Waals surface area contributed by atoms with Gasteiger partial charge >= 0.3 is 15.6 Å². The van der Waals surface area contributed by atoms with Crippen LogP contribution in [0.3, 0.4) is 0 Å². The second-order valence-electron chi connectivity index (χ2n) is 3.54. The van der Waals surface area contributed by atoms with Crippen molar-refractivity contribution in [2.45, 2.75) is 33.5 Å². The van der Waals surface area contributed by atoms with Gasteiger partial charge < -0.3 is 33.1 Å². The average Bonchev–Trinajstić information content (AvgIpc) is 2.27. The van der Waals surface area contributed by atoms with E-state index in [9.17, 15) is 9.13 Å². The van der Waals surface area contributed by atoms with Crippen LogP contribution in [0, 0.1) is 0 Å². The molecule has 0 rings (SSSR count). The summed E-state index contributed by atoms with van der Waals surface area (Å²) in [5.41, 5.74) is -0.0678. The fraction of sp³-hybridized carbons (Fsp3) is 0.600. The van der Waals surface area contributed by atoms with Gasteiger partial charge in [-0.25, -0.2) is 9.13 Å². The van der Waals surface area contributed by atoms with Gasteiger partial charge in [-0.2, -0.15) is 4.31 Å². The quantitative estimate of drug-likeness (QED) is 0.269. The largest absolute Gasteiger partial charge is 0.481 e. The van der Waals surface area contributed by atoms with Crippen LogP contribution in [0.2, 0.25) is 0 Å². The molecule has 0 heterocycles. The molecule has 1 atom stereocenters. The van der Waals surface area contributed by atoms with Crippen LogP contribution in [0.5, 0.6) is 0 Å². The van der Waals surface area contributed by atoms with Gasteiger partial charge in [0.1, 0.15) is 0 Å². The zero-order valence-corrected chi connectivity index (χ0v) is 14.1. The van der Waals surface area contributed by atoms with E-state index in [1.807, 2.05) is 0 Å². The predicted octanol–water partition coefficient (Wildman–Crippen LogP) is 3.39. The Hall–Kier alpha value is -0.380. The van der Waals surface area contributed by atoms with Crippen molar-refractivity contribution in [1.82, 2.24) is 18.5 Å². The SMILES string of the molecule is N.N.N.[2H]C([2H])([2H])C(=CCC/C(C)=C/COP(=O)(O)OP(=O)(O)O)C([2H])([2H])[2H]. The Bertz CT molecular complexity index is 602. The molecule has 0 saturated heterocycles. The Labute approximate surface area is 139 Å². The van der Waals surface area contributed by atoms with E-state index in [-0.39, 0.29) is 31.3 Å². The molecule has 0 fully saturated rings. The molecule has 0 bridgehead atoms. The lowest BCUT2D eigenvalue weighted by Gasteiger charge is -2.11. The molecule has 0 aliphatic rings. The number of phosphoric ester groups is 1. The average molecular weight is 371 g/mol. The highest BCUT2D eigenvalue weighted by Gasteiger charge is 2.31. The summed E-state index contributed by atoms with van der Waals surface area (Å²) in [6.07, 6.45) is 2.76. The zero-order chi connectivity index (χ0) is 20.1. The summed E-state index contributed by atoms with van der Waals surface area (Å²) in [5, 5.41) is 0. The fourth-order valence-electron chi connectivity index (χ4n) is 0.978. The molecule has 0 aliphatic heterocycles. The molecule has 0 spiro atoms. The summed E-state index contributed by atoms with van der Waals surface area (Å²) in [6, 6.07) is 0. The van der Waals surface area contributed by atoms with Crippen LogP contribution in [-0.4, -0.2) is 21.3 Å². The number of hydrogen-bond acceptors (Lipinski definition) is 7. The number of hydrogen-bond donors (Lipinski definition) is 6. The number of rotatable bonds is 8. The lowest BCUT2D eigenvalue weighted by atomic mass is 10.1. The maximum Gasteiger partial charge on any atom is 0.481 e. The normalized spacial score (nSPS) is 19.0. The van der Waals surface area contributed by atoms with Gasteiger partial charge in [0.2, 0.25) is 0 Å². The van der Waals surface area contributed by atoms with Crippen molar-refractivity contribution in [3.8, 4) is 0 Å². The van der Waals surface area contributed by atoms with Crippen molar-refractivity contribution in [2.24, 2.45) is 0 Å². The van der Waals surface area contributed by atoms with Crippen molar-refractivity contribution in [2.75, 3.05) is 6.61 Å². The van der Waals surface area contributed by atoms with Crippen LogP contribution in [0.25, 0.3) is 0 Å². The highest BCUT2D eigenvalue weighted by Crippen LogP contribution is 2.57. The molecule has 1 unspecified atom stereocenters. The Morgan fingerprint density at radius 3 is 2.14 bits per heavy atom. The van der Waals surface area contributed by atoms with Gasteiger partial charge in [0.25, 0.3) is 0 Å². The topological polar surface area (TPSA) is 218 Å². The summed E-state index contributed by atoms with van der Waals surface area (Å²) in [5.74, 6) is 0. The molecule has 12 N–H and O–H groups in total. The molecule has 22 heavy (non-hydrogen) atoms. The molecule has 12 heteroatoms. The highest BCUT2D eigenvalue weighted by molar-refractivity contribution is 7.60. The summed E-state index contributed by atoms with van der Waals surface area (Å²) in [7, 11) is -10.1. The molecule has 136 valence electrons. The molecule has 0 radical (unpaired) electrons. The smallest absolute Gasteiger partial charge is 0.344 e. The van der Waals surface area contributed by atoms with Crippen molar-refractivity contribution in [3.63, 3.8) is 0 Å². The second kappa shape index (κ2) is 13.1. The first-order chi connectivity index (χ1) is 10.9. The van der Waals surface area contributed by atoms with Crippen LogP contribution < -0.4 is 18.5 Å². The second-order valence-corrected chi connectivity index (χ2v) is 6.37. The van der Waals surface area contributed by atoms with E-state index in [0.717, 1.165) is 6.08 Å². The highest BCUT2D eigenvalue weighted by atomic mass is 31.3. The first-order valence-corrected chi connectivity index (χ1v) is 8.07. The minimum atomic E-state index is -5.18. The Balaban J connectivity index is -0.000000960. The third-order valence-corrected chi connectivity index (χ3v) is 3.92. The maximum atomic E-state index is 11.2. The lowest BCUT2D eigenvalue weighted by Crippen LogP contribution is -1.94. The molecular weight excluding hydrogens is 336 g/mol. The molecule has 0 aromatic carbocycles. The standard InChI is InChI=1S/C10H20O7P2.3H3N/c1-9(2)5-4-6-10(3)7-8-16-19(14,15)17-18(11,12)13;;;/h5,7H,4,6,8H2,1-3H3,(H,14,15)(H2,11,12,13);3*1H3/b10-7+;;;/i1D3,2D3;;;. The Morgan fingerprint density at radius 1 is 1.14 bits per heavy atom. The minimum Gasteiger partial charge on any atom is -0.344 e. The summed E-state index contributed by atoms with van der Waals surface area (Å²) >= 11 is 0. The molecule has 0 saturated carbocycles. The van der Waals surface area contributed by atoms with Crippen molar-refractivity contribution in [3.05, 3.63) is 23.3 Å². The van der Waals surface area contributed by atoms with E-state index >= 15 is 0 Å². The van der Waals surface area contributed by atoms with E-state index in [4.69, 9.17) is 22.9 Å². The van der Waals surface area contributed by atoms with Crippen molar-refractivity contribution in [1.29, 1.82) is 0 Å². The lowest BCUT2D eigenvalue weighted by molar-refractivity contribution is 0.191. The van der Waals surface area contributed by atoms with Crippen LogP contribution in [0.15, 0.2) is 23.3 Å².